The number of hydrogen-bond donors (Lipinski definition) is 1. The zero-order valence-corrected chi connectivity index (χ0v) is 12.4. The van der Waals surface area contributed by atoms with Crippen LogP contribution in [0, 0.1) is 11.7 Å². The predicted octanol–water partition coefficient (Wildman–Crippen LogP) is 1.85. The number of nitrogens with one attached hydrogen (secondary N) is 1. The molecule has 0 bridgehead atoms. The molecule has 0 spiro atoms. The number of ketones is 1. The third-order valence-electron chi connectivity index (χ3n) is 4.01. The highest BCUT2D eigenvalue weighted by molar-refractivity contribution is 5.99. The van der Waals surface area contributed by atoms with E-state index in [1.807, 2.05) is 0 Å². The normalized spacial score (nSPS) is 19.3. The van der Waals surface area contributed by atoms with Crippen molar-refractivity contribution < 1.29 is 14.0 Å². The zero-order valence-electron chi connectivity index (χ0n) is 12.4. The van der Waals surface area contributed by atoms with Gasteiger partial charge in [0.15, 0.2) is 5.78 Å². The number of rotatable bonds is 5. The molecular formula is C16H21FN2O2. The number of likely N-dealkylation sites (N-methyl/N-ethyl adjacent to an activating group) is 1. The van der Waals surface area contributed by atoms with E-state index in [0.717, 1.165) is 19.5 Å². The maximum absolute atomic E-state index is 13.2. The molecule has 2 unspecified atom stereocenters. The molecule has 1 aliphatic rings. The summed E-state index contributed by atoms with van der Waals surface area (Å²) in [6, 6.07) is 5.81. The van der Waals surface area contributed by atoms with Crippen molar-refractivity contribution in [2.75, 3.05) is 20.1 Å². The molecule has 0 aromatic heterocycles. The zero-order chi connectivity index (χ0) is 15.4. The molecule has 1 saturated heterocycles. The van der Waals surface area contributed by atoms with E-state index in [9.17, 15) is 14.0 Å². The van der Waals surface area contributed by atoms with Gasteiger partial charge in [-0.1, -0.05) is 19.1 Å². The minimum atomic E-state index is -0.448. The standard InChI is InChI=1S/C16H21FN2O2/c1-11(16(21)12-4-3-5-13(17)9-12)8-15(20)19(2)14-6-7-18-10-14/h3-5,9,11,14,18H,6-8,10H2,1-2H3. The highest BCUT2D eigenvalue weighted by Crippen LogP contribution is 2.16. The maximum Gasteiger partial charge on any atom is 0.223 e. The Morgan fingerprint density at radius 1 is 1.48 bits per heavy atom. The minimum absolute atomic E-state index is 0.0408. The van der Waals surface area contributed by atoms with Gasteiger partial charge in [0.1, 0.15) is 5.82 Å². The largest absolute Gasteiger partial charge is 0.341 e. The molecule has 5 heteroatoms. The van der Waals surface area contributed by atoms with Gasteiger partial charge in [0, 0.05) is 37.5 Å². The number of carbonyl (C=O) groups is 2. The lowest BCUT2D eigenvalue weighted by Crippen LogP contribution is -2.39. The summed E-state index contributed by atoms with van der Waals surface area (Å²) < 4.78 is 13.2. The molecule has 1 aliphatic heterocycles. The molecule has 1 fully saturated rings. The SMILES string of the molecule is CC(CC(=O)N(C)C1CCNC1)C(=O)c1cccc(F)c1. The van der Waals surface area contributed by atoms with Gasteiger partial charge < -0.3 is 10.2 Å². The first-order valence-electron chi connectivity index (χ1n) is 7.25. The molecule has 1 aromatic carbocycles. The summed E-state index contributed by atoms with van der Waals surface area (Å²) in [5.74, 6) is -1.12. The molecule has 1 N–H and O–H groups in total. The van der Waals surface area contributed by atoms with Crippen molar-refractivity contribution in [2.45, 2.75) is 25.8 Å². The van der Waals surface area contributed by atoms with Gasteiger partial charge in [-0.25, -0.2) is 4.39 Å². The van der Waals surface area contributed by atoms with Crippen molar-refractivity contribution in [3.05, 3.63) is 35.6 Å². The molecule has 1 heterocycles. The molecule has 21 heavy (non-hydrogen) atoms. The number of Topliss-reactive ketones (excluding diaryl/α,β-unsaturated/α-hetero) is 1. The van der Waals surface area contributed by atoms with Crippen molar-refractivity contribution in [1.29, 1.82) is 0 Å². The Bertz CT molecular complexity index is 527. The second-order valence-corrected chi connectivity index (χ2v) is 5.63. The van der Waals surface area contributed by atoms with Crippen LogP contribution >= 0.6 is 0 Å². The predicted molar refractivity (Wildman–Crippen MR) is 78.6 cm³/mol. The molecule has 1 aromatic rings. The minimum Gasteiger partial charge on any atom is -0.341 e. The second-order valence-electron chi connectivity index (χ2n) is 5.63. The van der Waals surface area contributed by atoms with Crippen LogP contribution in [0.2, 0.25) is 0 Å². The van der Waals surface area contributed by atoms with E-state index in [1.54, 1.807) is 24.9 Å². The van der Waals surface area contributed by atoms with Crippen LogP contribution in [0.5, 0.6) is 0 Å². The molecule has 2 rings (SSSR count). The van der Waals surface area contributed by atoms with Crippen LogP contribution in [0.3, 0.4) is 0 Å². The summed E-state index contributed by atoms with van der Waals surface area (Å²) in [5.41, 5.74) is 0.320. The molecule has 1 amide bonds. The molecular weight excluding hydrogens is 271 g/mol. The van der Waals surface area contributed by atoms with Gasteiger partial charge in [0.2, 0.25) is 5.91 Å². The Kier molecular flexibility index (Phi) is 5.07. The number of carbonyl (C=O) groups excluding carboxylic acids is 2. The molecule has 0 aliphatic carbocycles. The van der Waals surface area contributed by atoms with Gasteiger partial charge in [0.25, 0.3) is 0 Å². The van der Waals surface area contributed by atoms with E-state index < -0.39 is 11.7 Å². The maximum atomic E-state index is 13.2. The third kappa shape index (κ3) is 3.88. The van der Waals surface area contributed by atoms with Crippen molar-refractivity contribution >= 4 is 11.7 Å². The van der Waals surface area contributed by atoms with E-state index in [4.69, 9.17) is 0 Å². The topological polar surface area (TPSA) is 49.4 Å². The first kappa shape index (κ1) is 15.6. The lowest BCUT2D eigenvalue weighted by atomic mass is 9.95. The van der Waals surface area contributed by atoms with E-state index in [0.29, 0.717) is 5.56 Å². The summed E-state index contributed by atoms with van der Waals surface area (Å²) in [6.45, 7) is 3.43. The molecule has 2 atom stereocenters. The Labute approximate surface area is 124 Å². The number of amides is 1. The van der Waals surface area contributed by atoms with Gasteiger partial charge in [-0.05, 0) is 25.1 Å². The monoisotopic (exact) mass is 292 g/mol. The first-order valence-corrected chi connectivity index (χ1v) is 7.25. The van der Waals surface area contributed by atoms with Gasteiger partial charge >= 0.3 is 0 Å². The highest BCUT2D eigenvalue weighted by atomic mass is 19.1. The summed E-state index contributed by atoms with van der Waals surface area (Å²) in [7, 11) is 1.78. The lowest BCUT2D eigenvalue weighted by Gasteiger charge is -2.25. The van der Waals surface area contributed by atoms with E-state index >= 15 is 0 Å². The van der Waals surface area contributed by atoms with Crippen molar-refractivity contribution in [3.8, 4) is 0 Å². The Morgan fingerprint density at radius 3 is 2.86 bits per heavy atom. The van der Waals surface area contributed by atoms with Crippen LogP contribution in [0.25, 0.3) is 0 Å². The molecule has 0 radical (unpaired) electrons. The number of hydrogen-bond acceptors (Lipinski definition) is 3. The fourth-order valence-electron chi connectivity index (χ4n) is 2.60. The average molecular weight is 292 g/mol. The van der Waals surface area contributed by atoms with Crippen molar-refractivity contribution in [3.63, 3.8) is 0 Å². The third-order valence-corrected chi connectivity index (χ3v) is 4.01. The Hall–Kier alpha value is -1.75. The molecule has 0 saturated carbocycles. The molecule has 4 nitrogen and oxygen atoms in total. The highest BCUT2D eigenvalue weighted by Gasteiger charge is 2.26. The van der Waals surface area contributed by atoms with Crippen LogP contribution in [0.15, 0.2) is 24.3 Å². The quantitative estimate of drug-likeness (QED) is 0.843. The van der Waals surface area contributed by atoms with Crippen molar-refractivity contribution in [1.82, 2.24) is 10.2 Å². The fourth-order valence-corrected chi connectivity index (χ4v) is 2.60. The van der Waals surface area contributed by atoms with Gasteiger partial charge in [-0.15, -0.1) is 0 Å². The summed E-state index contributed by atoms with van der Waals surface area (Å²) >= 11 is 0. The van der Waals surface area contributed by atoms with Crippen LogP contribution in [0.1, 0.15) is 30.1 Å². The van der Waals surface area contributed by atoms with Gasteiger partial charge in [-0.3, -0.25) is 9.59 Å². The van der Waals surface area contributed by atoms with Crippen LogP contribution in [-0.2, 0) is 4.79 Å². The number of nitrogens with zero attached hydrogens (tertiary/aromatic N) is 1. The lowest BCUT2D eigenvalue weighted by molar-refractivity contribution is -0.132. The Balaban J connectivity index is 1.95. The fraction of sp³-hybridized carbons (Fsp3) is 0.500. The van der Waals surface area contributed by atoms with Crippen molar-refractivity contribution in [2.24, 2.45) is 5.92 Å². The number of halogens is 1. The van der Waals surface area contributed by atoms with Crippen LogP contribution < -0.4 is 5.32 Å². The van der Waals surface area contributed by atoms with Gasteiger partial charge in [-0.2, -0.15) is 0 Å². The number of benzene rings is 1. The molecule has 114 valence electrons. The smallest absolute Gasteiger partial charge is 0.223 e. The van der Waals surface area contributed by atoms with E-state index in [1.165, 1.54) is 18.2 Å². The Morgan fingerprint density at radius 2 is 2.24 bits per heavy atom. The second kappa shape index (κ2) is 6.80. The summed E-state index contributed by atoms with van der Waals surface area (Å²) in [6.07, 6.45) is 1.09. The van der Waals surface area contributed by atoms with E-state index in [-0.39, 0.29) is 24.2 Å². The van der Waals surface area contributed by atoms with Gasteiger partial charge in [0.05, 0.1) is 0 Å². The average Bonchev–Trinajstić information content (AvgIpc) is 2.99. The summed E-state index contributed by atoms with van der Waals surface area (Å²) in [4.78, 5) is 26.2. The van der Waals surface area contributed by atoms with E-state index in [2.05, 4.69) is 5.32 Å². The van der Waals surface area contributed by atoms with Crippen LogP contribution in [-0.4, -0.2) is 42.8 Å². The summed E-state index contributed by atoms with van der Waals surface area (Å²) in [5, 5.41) is 3.21. The van der Waals surface area contributed by atoms with Crippen LogP contribution in [0.4, 0.5) is 4.39 Å². The first-order chi connectivity index (χ1) is 9.99.